The number of hydrogen-bond acceptors (Lipinski definition) is 7. The van der Waals surface area contributed by atoms with E-state index in [0.29, 0.717) is 18.0 Å². The molecule has 166 valence electrons. The minimum atomic E-state index is -3.95. The molecule has 1 aliphatic rings. The number of thiazole rings is 1. The van der Waals surface area contributed by atoms with Crippen molar-refractivity contribution in [1.29, 1.82) is 0 Å². The molecule has 3 aromatic rings. The minimum Gasteiger partial charge on any atom is -0.302 e. The molecule has 2 heterocycles. The van der Waals surface area contributed by atoms with Crippen LogP contribution in [0.4, 0.5) is 10.8 Å². The summed E-state index contributed by atoms with van der Waals surface area (Å²) < 4.78 is 27.2. The Labute approximate surface area is 188 Å². The number of aromatic nitrogens is 1. The van der Waals surface area contributed by atoms with Crippen LogP contribution in [0.5, 0.6) is 0 Å². The van der Waals surface area contributed by atoms with Gasteiger partial charge in [-0.25, -0.2) is 13.4 Å². The topological polar surface area (TPSA) is 123 Å². The van der Waals surface area contributed by atoms with Gasteiger partial charge in [0.15, 0.2) is 5.13 Å². The van der Waals surface area contributed by atoms with Gasteiger partial charge in [0.25, 0.3) is 5.69 Å². The van der Waals surface area contributed by atoms with Gasteiger partial charge >= 0.3 is 0 Å². The number of hydrogen-bond donors (Lipinski definition) is 1. The van der Waals surface area contributed by atoms with E-state index in [1.165, 1.54) is 33.8 Å². The van der Waals surface area contributed by atoms with Gasteiger partial charge < -0.3 is 5.32 Å². The van der Waals surface area contributed by atoms with Gasteiger partial charge in [-0.05, 0) is 18.9 Å². The molecule has 0 saturated carbocycles. The molecule has 1 aliphatic heterocycles. The number of nitrogens with one attached hydrogen (secondary N) is 1. The number of amides is 1. The fourth-order valence-electron chi connectivity index (χ4n) is 3.56. The van der Waals surface area contributed by atoms with Crippen LogP contribution in [-0.4, -0.2) is 41.6 Å². The summed E-state index contributed by atoms with van der Waals surface area (Å²) in [5.74, 6) is -0.834. The van der Waals surface area contributed by atoms with Gasteiger partial charge in [0.2, 0.25) is 15.9 Å². The van der Waals surface area contributed by atoms with E-state index in [1.54, 1.807) is 0 Å². The van der Waals surface area contributed by atoms with Crippen molar-refractivity contribution in [3.05, 3.63) is 70.1 Å². The van der Waals surface area contributed by atoms with E-state index in [9.17, 15) is 23.3 Å². The van der Waals surface area contributed by atoms with Crippen LogP contribution in [-0.2, 0) is 14.8 Å². The van der Waals surface area contributed by atoms with Crippen molar-refractivity contribution in [2.75, 3.05) is 18.4 Å². The summed E-state index contributed by atoms with van der Waals surface area (Å²) in [7, 11) is -3.95. The lowest BCUT2D eigenvalue weighted by Gasteiger charge is -2.31. The van der Waals surface area contributed by atoms with Crippen molar-refractivity contribution in [1.82, 2.24) is 9.29 Å². The summed E-state index contributed by atoms with van der Waals surface area (Å²) >= 11 is 1.31. The third kappa shape index (κ3) is 4.69. The third-order valence-corrected chi connectivity index (χ3v) is 7.84. The first kappa shape index (κ1) is 22.1. The molecular formula is C21H20N4O5S2. The highest BCUT2D eigenvalue weighted by Gasteiger charge is 2.34. The summed E-state index contributed by atoms with van der Waals surface area (Å²) in [6.07, 6.45) is 1.06. The number of nitro benzene ring substituents is 1. The standard InChI is InChI=1S/C21H20N4O5S2/c26-20(23-21-22-19(14-31-21)15-6-2-1-3-7-15)16-8-5-11-24(13-16)32(29,30)18-10-4-9-17(12-18)25(27)28/h1-4,6-7,9-10,12,14,16H,5,8,11,13H2,(H,22,23,26)/t16-/m1/s1. The van der Waals surface area contributed by atoms with E-state index in [-0.39, 0.29) is 29.6 Å². The van der Waals surface area contributed by atoms with Gasteiger partial charge in [-0.2, -0.15) is 4.31 Å². The summed E-state index contributed by atoms with van der Waals surface area (Å²) in [5, 5.41) is 16.1. The minimum absolute atomic E-state index is 0.00771. The zero-order valence-corrected chi connectivity index (χ0v) is 18.5. The van der Waals surface area contributed by atoms with Crippen LogP contribution in [0.3, 0.4) is 0 Å². The largest absolute Gasteiger partial charge is 0.302 e. The van der Waals surface area contributed by atoms with Crippen molar-refractivity contribution in [3.63, 3.8) is 0 Å². The van der Waals surface area contributed by atoms with Crippen LogP contribution in [0.15, 0.2) is 64.9 Å². The fourth-order valence-corrected chi connectivity index (χ4v) is 5.85. The Morgan fingerprint density at radius 3 is 2.72 bits per heavy atom. The number of sulfonamides is 1. The molecule has 0 spiro atoms. The molecule has 1 aromatic heterocycles. The van der Waals surface area contributed by atoms with Gasteiger partial charge in [0.1, 0.15) is 0 Å². The van der Waals surface area contributed by atoms with Crippen LogP contribution < -0.4 is 5.32 Å². The number of benzene rings is 2. The van der Waals surface area contributed by atoms with E-state index < -0.39 is 20.9 Å². The maximum atomic E-state index is 13.0. The molecule has 1 atom stereocenters. The zero-order chi connectivity index (χ0) is 22.7. The molecule has 11 heteroatoms. The highest BCUT2D eigenvalue weighted by Crippen LogP contribution is 2.28. The van der Waals surface area contributed by atoms with E-state index in [4.69, 9.17) is 0 Å². The lowest BCUT2D eigenvalue weighted by Crippen LogP contribution is -2.43. The van der Waals surface area contributed by atoms with Crippen LogP contribution in [0, 0.1) is 16.0 Å². The molecule has 1 amide bonds. The van der Waals surface area contributed by atoms with Crippen molar-refractivity contribution < 1.29 is 18.1 Å². The predicted octanol–water partition coefficient (Wildman–Crippen LogP) is 3.76. The van der Waals surface area contributed by atoms with Gasteiger partial charge in [0, 0.05) is 36.2 Å². The molecule has 0 radical (unpaired) electrons. The lowest BCUT2D eigenvalue weighted by molar-refractivity contribution is -0.385. The van der Waals surface area contributed by atoms with Crippen molar-refractivity contribution in [2.24, 2.45) is 5.92 Å². The Morgan fingerprint density at radius 2 is 1.97 bits per heavy atom. The van der Waals surface area contributed by atoms with Gasteiger partial charge in [-0.3, -0.25) is 14.9 Å². The molecule has 0 aliphatic carbocycles. The zero-order valence-electron chi connectivity index (χ0n) is 16.9. The molecule has 0 unspecified atom stereocenters. The predicted molar refractivity (Wildman–Crippen MR) is 121 cm³/mol. The number of carbonyl (C=O) groups is 1. The van der Waals surface area contributed by atoms with Crippen molar-refractivity contribution >= 4 is 38.1 Å². The van der Waals surface area contributed by atoms with E-state index in [0.717, 1.165) is 17.3 Å². The molecule has 32 heavy (non-hydrogen) atoms. The average Bonchev–Trinajstić information content (AvgIpc) is 3.28. The first-order chi connectivity index (χ1) is 15.3. The maximum Gasteiger partial charge on any atom is 0.270 e. The third-order valence-electron chi connectivity index (χ3n) is 5.22. The maximum absolute atomic E-state index is 13.0. The Morgan fingerprint density at radius 1 is 1.19 bits per heavy atom. The van der Waals surface area contributed by atoms with E-state index in [2.05, 4.69) is 10.3 Å². The van der Waals surface area contributed by atoms with Crippen LogP contribution >= 0.6 is 11.3 Å². The summed E-state index contributed by atoms with van der Waals surface area (Å²) in [6.45, 7) is 0.262. The van der Waals surface area contributed by atoms with Gasteiger partial charge in [0.05, 0.1) is 21.4 Å². The van der Waals surface area contributed by atoms with Crippen LogP contribution in [0.1, 0.15) is 12.8 Å². The molecule has 1 N–H and O–H groups in total. The second-order valence-electron chi connectivity index (χ2n) is 7.35. The number of piperidine rings is 1. The number of non-ortho nitro benzene ring substituents is 1. The average molecular weight is 473 g/mol. The van der Waals surface area contributed by atoms with E-state index >= 15 is 0 Å². The molecule has 1 fully saturated rings. The highest BCUT2D eigenvalue weighted by molar-refractivity contribution is 7.89. The number of anilines is 1. The first-order valence-corrected chi connectivity index (χ1v) is 12.2. The molecule has 9 nitrogen and oxygen atoms in total. The number of nitrogens with zero attached hydrogens (tertiary/aromatic N) is 3. The Hall–Kier alpha value is -3.15. The molecule has 4 rings (SSSR count). The monoisotopic (exact) mass is 472 g/mol. The van der Waals surface area contributed by atoms with E-state index in [1.807, 2.05) is 35.7 Å². The van der Waals surface area contributed by atoms with Crippen molar-refractivity contribution in [2.45, 2.75) is 17.7 Å². The Bertz CT molecular complexity index is 1240. The van der Waals surface area contributed by atoms with Crippen LogP contribution in [0.2, 0.25) is 0 Å². The van der Waals surface area contributed by atoms with Crippen molar-refractivity contribution in [3.8, 4) is 11.3 Å². The first-order valence-electron chi connectivity index (χ1n) is 9.91. The van der Waals surface area contributed by atoms with Gasteiger partial charge in [-0.1, -0.05) is 36.4 Å². The number of carbonyl (C=O) groups excluding carboxylic acids is 1. The summed E-state index contributed by atoms with van der Waals surface area (Å²) in [5.41, 5.74) is 1.40. The summed E-state index contributed by atoms with van der Waals surface area (Å²) in [4.78, 5) is 27.5. The molecular weight excluding hydrogens is 452 g/mol. The number of nitro groups is 1. The second kappa shape index (κ2) is 9.15. The lowest BCUT2D eigenvalue weighted by atomic mass is 9.99. The normalized spacial score (nSPS) is 17.1. The SMILES string of the molecule is O=C(Nc1nc(-c2ccccc2)cs1)[C@@H]1CCCN(S(=O)(=O)c2cccc([N+](=O)[O-])c2)C1. The second-order valence-corrected chi connectivity index (χ2v) is 10.1. The molecule has 0 bridgehead atoms. The molecule has 2 aromatic carbocycles. The fraction of sp³-hybridized carbons (Fsp3) is 0.238. The Kier molecular flexibility index (Phi) is 6.31. The Balaban J connectivity index is 1.46. The van der Waals surface area contributed by atoms with Crippen LogP contribution in [0.25, 0.3) is 11.3 Å². The quantitative estimate of drug-likeness (QED) is 0.430. The molecule has 1 saturated heterocycles. The smallest absolute Gasteiger partial charge is 0.270 e. The summed E-state index contributed by atoms with van der Waals surface area (Å²) in [6, 6.07) is 14.5. The highest BCUT2D eigenvalue weighted by atomic mass is 32.2. The number of rotatable bonds is 6. The van der Waals surface area contributed by atoms with Gasteiger partial charge in [-0.15, -0.1) is 11.3 Å².